The molecule has 0 aromatic carbocycles. The minimum atomic E-state index is -0.191. The zero-order chi connectivity index (χ0) is 20.3. The van der Waals surface area contributed by atoms with Crippen LogP contribution in [0.2, 0.25) is 0 Å². The van der Waals surface area contributed by atoms with E-state index in [4.69, 9.17) is 4.74 Å². The Bertz CT molecular complexity index is 554. The monoisotopic (exact) mass is 394 g/mol. The lowest BCUT2D eigenvalue weighted by Crippen LogP contribution is -2.58. The Balaban J connectivity index is 1.57. The topological polar surface area (TPSA) is 73.9 Å². The van der Waals surface area contributed by atoms with Crippen LogP contribution in [0.1, 0.15) is 66.2 Å². The highest BCUT2D eigenvalue weighted by Crippen LogP contribution is 2.40. The van der Waals surface area contributed by atoms with Crippen molar-refractivity contribution in [3.05, 3.63) is 0 Å². The number of hydrogen-bond donors (Lipinski definition) is 2. The number of carbonyl (C=O) groups excluding carboxylic acids is 2. The summed E-state index contributed by atoms with van der Waals surface area (Å²) in [5.41, 5.74) is -0.191. The normalized spacial score (nSPS) is 24.5. The Labute approximate surface area is 169 Å². The SMILES string of the molecule is CC(C)CNC(=O)N1CCC2(CC1)CC(N(C(=O)NC(C)C)C1CC1)CCO2. The number of rotatable bonds is 5. The maximum absolute atomic E-state index is 12.8. The molecule has 3 rings (SSSR count). The lowest BCUT2D eigenvalue weighted by Gasteiger charge is -2.48. The molecular formula is C21H38N4O3. The molecule has 1 unspecified atom stereocenters. The highest BCUT2D eigenvalue weighted by Gasteiger charge is 2.46. The van der Waals surface area contributed by atoms with Gasteiger partial charge in [-0.3, -0.25) is 0 Å². The summed E-state index contributed by atoms with van der Waals surface area (Å²) in [7, 11) is 0. The van der Waals surface area contributed by atoms with E-state index in [0.717, 1.165) is 51.6 Å². The van der Waals surface area contributed by atoms with Crippen LogP contribution in [0.4, 0.5) is 9.59 Å². The number of urea groups is 2. The number of piperidine rings is 1. The van der Waals surface area contributed by atoms with Crippen molar-refractivity contribution in [2.75, 3.05) is 26.2 Å². The van der Waals surface area contributed by atoms with E-state index < -0.39 is 0 Å². The zero-order valence-electron chi connectivity index (χ0n) is 18.0. The van der Waals surface area contributed by atoms with E-state index in [1.165, 1.54) is 0 Å². The number of carbonyl (C=O) groups is 2. The molecular weight excluding hydrogens is 356 g/mol. The molecule has 0 aromatic heterocycles. The highest BCUT2D eigenvalue weighted by atomic mass is 16.5. The van der Waals surface area contributed by atoms with Crippen molar-refractivity contribution in [2.45, 2.75) is 89.9 Å². The van der Waals surface area contributed by atoms with Crippen molar-refractivity contribution in [3.8, 4) is 0 Å². The first-order chi connectivity index (χ1) is 13.3. The van der Waals surface area contributed by atoms with Gasteiger partial charge in [-0.15, -0.1) is 0 Å². The van der Waals surface area contributed by atoms with Crippen LogP contribution >= 0.6 is 0 Å². The van der Waals surface area contributed by atoms with Crippen LogP contribution in [0.5, 0.6) is 0 Å². The predicted molar refractivity (Wildman–Crippen MR) is 109 cm³/mol. The number of hydrogen-bond acceptors (Lipinski definition) is 3. The molecule has 160 valence electrons. The molecule has 28 heavy (non-hydrogen) atoms. The predicted octanol–water partition coefficient (Wildman–Crippen LogP) is 2.95. The molecule has 0 aromatic rings. The molecule has 3 aliphatic rings. The van der Waals surface area contributed by atoms with Gasteiger partial charge in [-0.1, -0.05) is 13.8 Å². The van der Waals surface area contributed by atoms with Crippen LogP contribution in [0.3, 0.4) is 0 Å². The van der Waals surface area contributed by atoms with Crippen LogP contribution in [0, 0.1) is 5.92 Å². The largest absolute Gasteiger partial charge is 0.375 e. The standard InChI is InChI=1S/C21H38N4O3/c1-15(2)14-22-19(26)24-10-8-21(9-11-24)13-18(7-12-28-21)25(17-5-6-17)20(27)23-16(3)4/h15-18H,5-14H2,1-4H3,(H,22,26)(H,23,27). The van der Waals surface area contributed by atoms with Gasteiger partial charge in [0, 0.05) is 44.4 Å². The van der Waals surface area contributed by atoms with Crippen molar-refractivity contribution in [1.82, 2.24) is 20.4 Å². The summed E-state index contributed by atoms with van der Waals surface area (Å²) in [5.74, 6) is 0.452. The van der Waals surface area contributed by atoms with E-state index in [2.05, 4.69) is 29.4 Å². The first-order valence-electron chi connectivity index (χ1n) is 11.1. The Morgan fingerprint density at radius 1 is 1.11 bits per heavy atom. The second-order valence-electron chi connectivity index (χ2n) is 9.49. The number of nitrogens with one attached hydrogen (secondary N) is 2. The smallest absolute Gasteiger partial charge is 0.318 e. The Morgan fingerprint density at radius 2 is 1.79 bits per heavy atom. The second-order valence-corrected chi connectivity index (χ2v) is 9.49. The quantitative estimate of drug-likeness (QED) is 0.753. The van der Waals surface area contributed by atoms with Crippen molar-refractivity contribution in [3.63, 3.8) is 0 Å². The molecule has 2 N–H and O–H groups in total. The van der Waals surface area contributed by atoms with Crippen molar-refractivity contribution >= 4 is 12.1 Å². The number of nitrogens with zero attached hydrogens (tertiary/aromatic N) is 2. The third kappa shape index (κ3) is 5.31. The molecule has 4 amide bonds. The molecule has 7 nitrogen and oxygen atoms in total. The lowest BCUT2D eigenvalue weighted by atomic mass is 9.82. The van der Waals surface area contributed by atoms with Crippen LogP contribution in [0.25, 0.3) is 0 Å². The third-order valence-corrected chi connectivity index (χ3v) is 6.07. The van der Waals surface area contributed by atoms with Gasteiger partial charge >= 0.3 is 12.1 Å². The van der Waals surface area contributed by atoms with Gasteiger partial charge in [-0.25, -0.2) is 9.59 Å². The van der Waals surface area contributed by atoms with Gasteiger partial charge in [0.1, 0.15) is 0 Å². The van der Waals surface area contributed by atoms with Crippen molar-refractivity contribution in [1.29, 1.82) is 0 Å². The number of ether oxygens (including phenoxy) is 1. The van der Waals surface area contributed by atoms with Gasteiger partial charge in [0.15, 0.2) is 0 Å². The van der Waals surface area contributed by atoms with Crippen LogP contribution in [-0.4, -0.2) is 71.8 Å². The van der Waals surface area contributed by atoms with Gasteiger partial charge < -0.3 is 25.2 Å². The third-order valence-electron chi connectivity index (χ3n) is 6.07. The molecule has 2 saturated heterocycles. The maximum Gasteiger partial charge on any atom is 0.318 e. The number of likely N-dealkylation sites (tertiary alicyclic amines) is 1. The van der Waals surface area contributed by atoms with Gasteiger partial charge in [0.05, 0.1) is 5.60 Å². The summed E-state index contributed by atoms with van der Waals surface area (Å²) in [6.45, 7) is 11.1. The average Bonchev–Trinajstić information content (AvgIpc) is 3.45. The first kappa shape index (κ1) is 21.2. The molecule has 1 atom stereocenters. The maximum atomic E-state index is 12.8. The summed E-state index contributed by atoms with van der Waals surface area (Å²) >= 11 is 0. The minimum Gasteiger partial charge on any atom is -0.375 e. The Hall–Kier alpha value is -1.50. The zero-order valence-corrected chi connectivity index (χ0v) is 18.0. The molecule has 2 heterocycles. The minimum absolute atomic E-state index is 0.0341. The summed E-state index contributed by atoms with van der Waals surface area (Å²) in [5, 5.41) is 6.09. The average molecular weight is 395 g/mol. The van der Waals surface area contributed by atoms with Crippen LogP contribution in [-0.2, 0) is 4.74 Å². The Kier molecular flexibility index (Phi) is 6.73. The van der Waals surface area contributed by atoms with Crippen LogP contribution in [0.15, 0.2) is 0 Å². The molecule has 3 fully saturated rings. The van der Waals surface area contributed by atoms with Gasteiger partial charge in [-0.2, -0.15) is 0 Å². The van der Waals surface area contributed by atoms with E-state index in [-0.39, 0.29) is 29.7 Å². The molecule has 2 aliphatic heterocycles. The van der Waals surface area contributed by atoms with E-state index in [1.54, 1.807) is 0 Å². The van der Waals surface area contributed by atoms with Gasteiger partial charge in [-0.05, 0) is 58.3 Å². The molecule has 0 bridgehead atoms. The van der Waals surface area contributed by atoms with Crippen LogP contribution < -0.4 is 10.6 Å². The molecule has 1 spiro atoms. The molecule has 0 radical (unpaired) electrons. The molecule has 1 aliphatic carbocycles. The van der Waals surface area contributed by atoms with Gasteiger partial charge in [0.2, 0.25) is 0 Å². The fourth-order valence-corrected chi connectivity index (χ4v) is 4.41. The summed E-state index contributed by atoms with van der Waals surface area (Å²) in [6, 6.07) is 0.883. The van der Waals surface area contributed by atoms with Crippen molar-refractivity contribution < 1.29 is 14.3 Å². The van der Waals surface area contributed by atoms with Crippen molar-refractivity contribution in [2.24, 2.45) is 5.92 Å². The van der Waals surface area contributed by atoms with E-state index in [9.17, 15) is 9.59 Å². The first-order valence-corrected chi connectivity index (χ1v) is 11.1. The Morgan fingerprint density at radius 3 is 2.36 bits per heavy atom. The van der Waals surface area contributed by atoms with E-state index in [1.807, 2.05) is 18.7 Å². The fourth-order valence-electron chi connectivity index (χ4n) is 4.41. The molecule has 1 saturated carbocycles. The summed E-state index contributed by atoms with van der Waals surface area (Å²) in [6.07, 6.45) is 5.71. The van der Waals surface area contributed by atoms with E-state index >= 15 is 0 Å². The number of amides is 4. The molecule has 7 heteroatoms. The second kappa shape index (κ2) is 8.89. The lowest BCUT2D eigenvalue weighted by molar-refractivity contribution is -0.125. The van der Waals surface area contributed by atoms with Gasteiger partial charge in [0.25, 0.3) is 0 Å². The highest BCUT2D eigenvalue weighted by molar-refractivity contribution is 5.75. The van der Waals surface area contributed by atoms with E-state index in [0.29, 0.717) is 25.1 Å². The summed E-state index contributed by atoms with van der Waals surface area (Å²) in [4.78, 5) is 29.1. The fraction of sp³-hybridized carbons (Fsp3) is 0.905. The summed E-state index contributed by atoms with van der Waals surface area (Å²) < 4.78 is 6.26.